The van der Waals surface area contributed by atoms with E-state index < -0.39 is 15.3 Å². The van der Waals surface area contributed by atoms with Gasteiger partial charge in [0.2, 0.25) is 10.0 Å². The Morgan fingerprint density at radius 3 is 2.89 bits per heavy atom. The van der Waals surface area contributed by atoms with Crippen LogP contribution in [-0.4, -0.2) is 44.1 Å². The van der Waals surface area contributed by atoms with Crippen LogP contribution >= 0.6 is 0 Å². The van der Waals surface area contributed by atoms with Crippen LogP contribution in [-0.2, 0) is 10.0 Å². The lowest BCUT2D eigenvalue weighted by Gasteiger charge is -2.16. The van der Waals surface area contributed by atoms with E-state index >= 15 is 0 Å². The second kappa shape index (κ2) is 5.34. The molecule has 0 bridgehead atoms. The third-order valence-electron chi connectivity index (χ3n) is 3.31. The zero-order chi connectivity index (χ0) is 14.0. The molecule has 1 aromatic rings. The zero-order valence-electron chi connectivity index (χ0n) is 11.0. The number of sulfonamides is 1. The third-order valence-corrected chi connectivity index (χ3v) is 5.26. The number of nitrogens with zero attached hydrogens (tertiary/aromatic N) is 1. The fourth-order valence-corrected chi connectivity index (χ4v) is 3.69. The second-order valence-electron chi connectivity index (χ2n) is 4.60. The SMILES string of the molecule is CCNS(=O)(=O)[C@H]1CCN(C(=O)c2ccoc2C)C1. The molecule has 2 heterocycles. The molecule has 1 amide bonds. The number of hydrogen-bond donors (Lipinski definition) is 1. The van der Waals surface area contributed by atoms with Crippen molar-refractivity contribution in [3.05, 3.63) is 23.7 Å². The number of amides is 1. The molecule has 0 radical (unpaired) electrons. The smallest absolute Gasteiger partial charge is 0.257 e. The van der Waals surface area contributed by atoms with Crippen molar-refractivity contribution in [3.63, 3.8) is 0 Å². The first-order chi connectivity index (χ1) is 8.95. The molecule has 1 saturated heterocycles. The fourth-order valence-electron chi connectivity index (χ4n) is 2.26. The quantitative estimate of drug-likeness (QED) is 0.885. The second-order valence-corrected chi connectivity index (χ2v) is 6.64. The van der Waals surface area contributed by atoms with Crippen LogP contribution in [0.25, 0.3) is 0 Å². The van der Waals surface area contributed by atoms with Gasteiger partial charge in [-0.1, -0.05) is 6.92 Å². The Morgan fingerprint density at radius 2 is 2.32 bits per heavy atom. The van der Waals surface area contributed by atoms with Gasteiger partial charge in [0.25, 0.3) is 5.91 Å². The van der Waals surface area contributed by atoms with Crippen LogP contribution in [0.3, 0.4) is 0 Å². The summed E-state index contributed by atoms with van der Waals surface area (Å²) in [6.07, 6.45) is 1.93. The Hall–Kier alpha value is -1.34. The van der Waals surface area contributed by atoms with Crippen LogP contribution in [0.15, 0.2) is 16.7 Å². The standard InChI is InChI=1S/C12H18N2O4S/c1-3-13-19(16,17)10-4-6-14(8-10)12(15)11-5-7-18-9(11)2/h5,7,10,13H,3-4,6,8H2,1-2H3/t10-/m0/s1. The normalized spacial score (nSPS) is 19.9. The number of rotatable bonds is 4. The van der Waals surface area contributed by atoms with Gasteiger partial charge in [-0.3, -0.25) is 4.79 Å². The van der Waals surface area contributed by atoms with Crippen molar-refractivity contribution in [2.24, 2.45) is 0 Å². The highest BCUT2D eigenvalue weighted by atomic mass is 32.2. The minimum Gasteiger partial charge on any atom is -0.469 e. The fraction of sp³-hybridized carbons (Fsp3) is 0.583. The largest absolute Gasteiger partial charge is 0.469 e. The molecule has 1 N–H and O–H groups in total. The lowest BCUT2D eigenvalue weighted by atomic mass is 10.2. The number of likely N-dealkylation sites (tertiary alicyclic amines) is 1. The maximum absolute atomic E-state index is 12.2. The van der Waals surface area contributed by atoms with E-state index in [-0.39, 0.29) is 12.5 Å². The molecule has 1 atom stereocenters. The summed E-state index contributed by atoms with van der Waals surface area (Å²) in [7, 11) is -3.32. The molecule has 0 aromatic carbocycles. The maximum atomic E-state index is 12.2. The van der Waals surface area contributed by atoms with Gasteiger partial charge in [0.15, 0.2) is 0 Å². The Balaban J connectivity index is 2.07. The van der Waals surface area contributed by atoms with Crippen LogP contribution in [0.4, 0.5) is 0 Å². The Labute approximate surface area is 112 Å². The molecule has 7 heteroatoms. The van der Waals surface area contributed by atoms with E-state index in [4.69, 9.17) is 4.42 Å². The molecule has 1 fully saturated rings. The van der Waals surface area contributed by atoms with Crippen molar-refractivity contribution < 1.29 is 17.6 Å². The number of hydrogen-bond acceptors (Lipinski definition) is 4. The predicted molar refractivity (Wildman–Crippen MR) is 70.4 cm³/mol. The van der Waals surface area contributed by atoms with E-state index in [0.29, 0.717) is 30.8 Å². The van der Waals surface area contributed by atoms with E-state index in [1.807, 2.05) is 0 Å². The van der Waals surface area contributed by atoms with Crippen molar-refractivity contribution >= 4 is 15.9 Å². The lowest BCUT2D eigenvalue weighted by molar-refractivity contribution is 0.0791. The van der Waals surface area contributed by atoms with Crippen molar-refractivity contribution in [3.8, 4) is 0 Å². The summed E-state index contributed by atoms with van der Waals surface area (Å²) in [6.45, 7) is 4.52. The van der Waals surface area contributed by atoms with Gasteiger partial charge < -0.3 is 9.32 Å². The molecule has 1 aliphatic heterocycles. The van der Waals surface area contributed by atoms with Gasteiger partial charge in [-0.05, 0) is 19.4 Å². The van der Waals surface area contributed by atoms with Gasteiger partial charge in [0.05, 0.1) is 17.1 Å². The van der Waals surface area contributed by atoms with E-state index in [2.05, 4.69) is 4.72 Å². The summed E-state index contributed by atoms with van der Waals surface area (Å²) in [6, 6.07) is 1.61. The molecule has 0 unspecified atom stereocenters. The number of nitrogens with one attached hydrogen (secondary N) is 1. The molecular weight excluding hydrogens is 268 g/mol. The lowest BCUT2D eigenvalue weighted by Crippen LogP contribution is -2.37. The molecule has 19 heavy (non-hydrogen) atoms. The molecule has 1 aromatic heterocycles. The van der Waals surface area contributed by atoms with Crippen molar-refractivity contribution in [1.82, 2.24) is 9.62 Å². The van der Waals surface area contributed by atoms with E-state index in [1.165, 1.54) is 6.26 Å². The highest BCUT2D eigenvalue weighted by Crippen LogP contribution is 2.20. The summed E-state index contributed by atoms with van der Waals surface area (Å²) in [4.78, 5) is 13.8. The van der Waals surface area contributed by atoms with E-state index in [9.17, 15) is 13.2 Å². The van der Waals surface area contributed by atoms with Crippen LogP contribution in [0.1, 0.15) is 29.5 Å². The highest BCUT2D eigenvalue weighted by Gasteiger charge is 2.35. The number of carbonyl (C=O) groups is 1. The Morgan fingerprint density at radius 1 is 1.58 bits per heavy atom. The third kappa shape index (κ3) is 2.82. The van der Waals surface area contributed by atoms with Crippen LogP contribution in [0, 0.1) is 6.92 Å². The minimum atomic E-state index is -3.32. The summed E-state index contributed by atoms with van der Waals surface area (Å²) < 4.78 is 31.4. The molecule has 0 spiro atoms. The number of aryl methyl sites for hydroxylation is 1. The summed E-state index contributed by atoms with van der Waals surface area (Å²) in [5.74, 6) is 0.392. The van der Waals surface area contributed by atoms with Gasteiger partial charge in [-0.25, -0.2) is 13.1 Å². The molecule has 106 valence electrons. The van der Waals surface area contributed by atoms with Gasteiger partial charge in [0.1, 0.15) is 5.76 Å². The average molecular weight is 286 g/mol. The highest BCUT2D eigenvalue weighted by molar-refractivity contribution is 7.90. The Bertz CT molecular complexity index is 564. The zero-order valence-corrected chi connectivity index (χ0v) is 11.9. The predicted octanol–water partition coefficient (Wildman–Crippen LogP) is 0.742. The topological polar surface area (TPSA) is 79.6 Å². The van der Waals surface area contributed by atoms with E-state index in [0.717, 1.165) is 0 Å². The molecule has 1 aliphatic rings. The van der Waals surface area contributed by atoms with Gasteiger partial charge >= 0.3 is 0 Å². The summed E-state index contributed by atoms with van der Waals surface area (Å²) >= 11 is 0. The molecule has 2 rings (SSSR count). The van der Waals surface area contributed by atoms with Crippen LogP contribution in [0.2, 0.25) is 0 Å². The van der Waals surface area contributed by atoms with Gasteiger partial charge in [0, 0.05) is 19.6 Å². The molecule has 0 saturated carbocycles. The van der Waals surface area contributed by atoms with Gasteiger partial charge in [-0.2, -0.15) is 0 Å². The minimum absolute atomic E-state index is 0.166. The molecule has 0 aliphatic carbocycles. The number of carbonyl (C=O) groups excluding carboxylic acids is 1. The van der Waals surface area contributed by atoms with Crippen molar-refractivity contribution in [2.45, 2.75) is 25.5 Å². The van der Waals surface area contributed by atoms with Crippen molar-refractivity contribution in [1.29, 1.82) is 0 Å². The van der Waals surface area contributed by atoms with E-state index in [1.54, 1.807) is 24.8 Å². The average Bonchev–Trinajstić information content (AvgIpc) is 2.96. The van der Waals surface area contributed by atoms with Crippen molar-refractivity contribution in [2.75, 3.05) is 19.6 Å². The van der Waals surface area contributed by atoms with Crippen LogP contribution in [0.5, 0.6) is 0 Å². The summed E-state index contributed by atoms with van der Waals surface area (Å²) in [5.41, 5.74) is 0.501. The monoisotopic (exact) mass is 286 g/mol. The Kier molecular flexibility index (Phi) is 3.96. The first-order valence-electron chi connectivity index (χ1n) is 6.27. The first-order valence-corrected chi connectivity index (χ1v) is 7.82. The maximum Gasteiger partial charge on any atom is 0.257 e. The first kappa shape index (κ1) is 14.1. The number of furan rings is 1. The van der Waals surface area contributed by atoms with Crippen LogP contribution < -0.4 is 4.72 Å². The molecular formula is C12H18N2O4S. The molecule has 6 nitrogen and oxygen atoms in total. The summed E-state index contributed by atoms with van der Waals surface area (Å²) in [5, 5.41) is -0.524. The van der Waals surface area contributed by atoms with Gasteiger partial charge in [-0.15, -0.1) is 0 Å².